The third-order valence-corrected chi connectivity index (χ3v) is 3.98. The summed E-state index contributed by atoms with van der Waals surface area (Å²) in [5.41, 5.74) is 4.15. The molecule has 7 heteroatoms. The van der Waals surface area contributed by atoms with Gasteiger partial charge in [0.15, 0.2) is 17.3 Å². The highest BCUT2D eigenvalue weighted by Gasteiger charge is 2.07. The van der Waals surface area contributed by atoms with Gasteiger partial charge in [0.05, 0.1) is 20.4 Å². The van der Waals surface area contributed by atoms with Crippen molar-refractivity contribution in [3.63, 3.8) is 0 Å². The standard InChI is InChI=1S/C19H21N5O2/c1-12-5-6-14(9-13(12)2)22-19-23-18(11-20-24-19)21-15-7-8-16(25-3)17(10-15)26-4/h5-11H,1-4H3,(H2,21,22,23,24). The Hall–Kier alpha value is -3.35. The fourth-order valence-corrected chi connectivity index (χ4v) is 2.43. The first-order valence-corrected chi connectivity index (χ1v) is 8.12. The number of aryl methyl sites for hydroxylation is 2. The predicted octanol–water partition coefficient (Wildman–Crippen LogP) is 3.99. The lowest BCUT2D eigenvalue weighted by atomic mass is 10.1. The molecule has 0 saturated carbocycles. The maximum Gasteiger partial charge on any atom is 0.249 e. The summed E-state index contributed by atoms with van der Waals surface area (Å²) in [6.07, 6.45) is 1.56. The van der Waals surface area contributed by atoms with Crippen LogP contribution in [0, 0.1) is 13.8 Å². The summed E-state index contributed by atoms with van der Waals surface area (Å²) in [6, 6.07) is 11.6. The summed E-state index contributed by atoms with van der Waals surface area (Å²) in [5, 5.41) is 14.4. The number of nitrogens with zero attached hydrogens (tertiary/aromatic N) is 3. The van der Waals surface area contributed by atoms with Crippen molar-refractivity contribution in [3.8, 4) is 11.5 Å². The van der Waals surface area contributed by atoms with E-state index in [4.69, 9.17) is 9.47 Å². The van der Waals surface area contributed by atoms with Crippen LogP contribution in [0.3, 0.4) is 0 Å². The van der Waals surface area contributed by atoms with E-state index in [1.807, 2.05) is 30.3 Å². The number of benzene rings is 2. The molecule has 0 spiro atoms. The van der Waals surface area contributed by atoms with Crippen LogP contribution in [-0.4, -0.2) is 29.4 Å². The van der Waals surface area contributed by atoms with Crippen LogP contribution in [0.25, 0.3) is 0 Å². The molecule has 2 aromatic carbocycles. The van der Waals surface area contributed by atoms with Crippen molar-refractivity contribution in [1.29, 1.82) is 0 Å². The quantitative estimate of drug-likeness (QED) is 0.695. The maximum atomic E-state index is 5.31. The minimum atomic E-state index is 0.415. The average Bonchev–Trinajstić information content (AvgIpc) is 2.65. The van der Waals surface area contributed by atoms with Gasteiger partial charge in [-0.1, -0.05) is 6.07 Å². The molecule has 3 rings (SSSR count). The fourth-order valence-electron chi connectivity index (χ4n) is 2.43. The van der Waals surface area contributed by atoms with E-state index in [1.165, 1.54) is 11.1 Å². The van der Waals surface area contributed by atoms with Crippen molar-refractivity contribution < 1.29 is 9.47 Å². The monoisotopic (exact) mass is 351 g/mol. The van der Waals surface area contributed by atoms with E-state index in [1.54, 1.807) is 20.4 Å². The molecule has 2 N–H and O–H groups in total. The number of hydrogen-bond acceptors (Lipinski definition) is 7. The molecule has 1 aromatic heterocycles. The number of aromatic nitrogens is 3. The van der Waals surface area contributed by atoms with E-state index in [2.05, 4.69) is 45.7 Å². The summed E-state index contributed by atoms with van der Waals surface area (Å²) in [7, 11) is 3.20. The first-order valence-electron chi connectivity index (χ1n) is 8.12. The second-order valence-electron chi connectivity index (χ2n) is 5.78. The first kappa shape index (κ1) is 17.5. The molecule has 0 unspecified atom stereocenters. The van der Waals surface area contributed by atoms with Gasteiger partial charge >= 0.3 is 0 Å². The Bertz CT molecular complexity index is 914. The molecule has 0 amide bonds. The number of hydrogen-bond donors (Lipinski definition) is 2. The Morgan fingerprint density at radius 3 is 2.27 bits per heavy atom. The van der Waals surface area contributed by atoms with E-state index in [0.29, 0.717) is 23.3 Å². The minimum absolute atomic E-state index is 0.415. The first-order chi connectivity index (χ1) is 12.6. The summed E-state index contributed by atoms with van der Waals surface area (Å²) in [4.78, 5) is 4.45. The molecule has 0 saturated heterocycles. The molecule has 0 radical (unpaired) electrons. The number of anilines is 4. The Labute approximate surface area is 152 Å². The molecule has 7 nitrogen and oxygen atoms in total. The predicted molar refractivity (Wildman–Crippen MR) is 102 cm³/mol. The topological polar surface area (TPSA) is 81.2 Å². The zero-order valence-electron chi connectivity index (χ0n) is 15.2. The van der Waals surface area contributed by atoms with Crippen molar-refractivity contribution >= 4 is 23.1 Å². The van der Waals surface area contributed by atoms with Gasteiger partial charge in [-0.3, -0.25) is 0 Å². The second-order valence-corrected chi connectivity index (χ2v) is 5.78. The molecule has 0 atom stereocenters. The summed E-state index contributed by atoms with van der Waals surface area (Å²) < 4.78 is 10.6. The van der Waals surface area contributed by atoms with Crippen LogP contribution in [0.4, 0.5) is 23.1 Å². The molecule has 3 aromatic rings. The second kappa shape index (κ2) is 7.69. The van der Waals surface area contributed by atoms with Crippen molar-refractivity contribution in [3.05, 3.63) is 53.7 Å². The Morgan fingerprint density at radius 2 is 1.54 bits per heavy atom. The maximum absolute atomic E-state index is 5.31. The van der Waals surface area contributed by atoms with Crippen molar-refractivity contribution in [2.75, 3.05) is 24.9 Å². The van der Waals surface area contributed by atoms with Gasteiger partial charge in [-0.2, -0.15) is 10.1 Å². The van der Waals surface area contributed by atoms with Gasteiger partial charge in [0.25, 0.3) is 0 Å². The van der Waals surface area contributed by atoms with Gasteiger partial charge in [0.2, 0.25) is 5.95 Å². The van der Waals surface area contributed by atoms with Gasteiger partial charge in [0.1, 0.15) is 0 Å². The highest BCUT2D eigenvalue weighted by atomic mass is 16.5. The lowest BCUT2D eigenvalue weighted by molar-refractivity contribution is 0.355. The van der Waals surface area contributed by atoms with Crippen molar-refractivity contribution in [2.45, 2.75) is 13.8 Å². The van der Waals surface area contributed by atoms with Gasteiger partial charge < -0.3 is 20.1 Å². The summed E-state index contributed by atoms with van der Waals surface area (Å²) in [6.45, 7) is 4.14. The molecule has 0 aliphatic rings. The van der Waals surface area contributed by atoms with Crippen molar-refractivity contribution in [2.24, 2.45) is 0 Å². The Kier molecular flexibility index (Phi) is 5.17. The smallest absolute Gasteiger partial charge is 0.249 e. The third-order valence-electron chi connectivity index (χ3n) is 3.98. The van der Waals surface area contributed by atoms with Crippen LogP contribution in [0.2, 0.25) is 0 Å². The SMILES string of the molecule is COc1ccc(Nc2cnnc(Nc3ccc(C)c(C)c3)n2)cc1OC. The molecule has 0 aliphatic heterocycles. The Morgan fingerprint density at radius 1 is 0.808 bits per heavy atom. The summed E-state index contributed by atoms with van der Waals surface area (Å²) in [5.74, 6) is 2.28. The molecule has 26 heavy (non-hydrogen) atoms. The van der Waals surface area contributed by atoms with E-state index in [9.17, 15) is 0 Å². The zero-order chi connectivity index (χ0) is 18.5. The Balaban J connectivity index is 1.78. The number of methoxy groups -OCH3 is 2. The highest BCUT2D eigenvalue weighted by Crippen LogP contribution is 2.30. The van der Waals surface area contributed by atoms with Crippen molar-refractivity contribution in [1.82, 2.24) is 15.2 Å². The number of rotatable bonds is 6. The molecule has 0 bridgehead atoms. The van der Waals surface area contributed by atoms with Crippen LogP contribution in [0.5, 0.6) is 11.5 Å². The third kappa shape index (κ3) is 4.00. The van der Waals surface area contributed by atoms with E-state index in [0.717, 1.165) is 11.4 Å². The summed E-state index contributed by atoms with van der Waals surface area (Å²) >= 11 is 0. The number of nitrogens with one attached hydrogen (secondary N) is 2. The molecule has 134 valence electrons. The van der Waals surface area contributed by atoms with E-state index in [-0.39, 0.29) is 0 Å². The molecular formula is C19H21N5O2. The van der Waals surface area contributed by atoms with Crippen LogP contribution in [0.1, 0.15) is 11.1 Å². The number of ether oxygens (including phenoxy) is 2. The highest BCUT2D eigenvalue weighted by molar-refractivity contribution is 5.62. The molecule has 0 fully saturated rings. The van der Waals surface area contributed by atoms with Gasteiger partial charge in [0, 0.05) is 17.4 Å². The normalized spacial score (nSPS) is 10.3. The van der Waals surface area contributed by atoms with Gasteiger partial charge in [-0.05, 0) is 49.2 Å². The van der Waals surface area contributed by atoms with E-state index < -0.39 is 0 Å². The average molecular weight is 351 g/mol. The lowest BCUT2D eigenvalue weighted by Gasteiger charge is -2.11. The van der Waals surface area contributed by atoms with Gasteiger partial charge in [-0.15, -0.1) is 5.10 Å². The molecule has 0 aliphatic carbocycles. The van der Waals surface area contributed by atoms with Crippen LogP contribution in [-0.2, 0) is 0 Å². The zero-order valence-corrected chi connectivity index (χ0v) is 15.2. The van der Waals surface area contributed by atoms with Crippen LogP contribution < -0.4 is 20.1 Å². The lowest BCUT2D eigenvalue weighted by Crippen LogP contribution is -2.03. The largest absolute Gasteiger partial charge is 0.493 e. The minimum Gasteiger partial charge on any atom is -0.493 e. The van der Waals surface area contributed by atoms with Crippen LogP contribution >= 0.6 is 0 Å². The molecular weight excluding hydrogens is 330 g/mol. The van der Waals surface area contributed by atoms with E-state index >= 15 is 0 Å². The molecule has 1 heterocycles. The van der Waals surface area contributed by atoms with Gasteiger partial charge in [-0.25, -0.2) is 0 Å². The van der Waals surface area contributed by atoms with Crippen LogP contribution in [0.15, 0.2) is 42.6 Å². The fraction of sp³-hybridized carbons (Fsp3) is 0.211.